The van der Waals surface area contributed by atoms with Crippen molar-refractivity contribution in [2.24, 2.45) is 5.92 Å². The number of hydrogen-bond acceptors (Lipinski definition) is 7. The predicted molar refractivity (Wildman–Crippen MR) is 124 cm³/mol. The Hall–Kier alpha value is -2.43. The highest BCUT2D eigenvalue weighted by Gasteiger charge is 2.43. The lowest BCUT2D eigenvalue weighted by atomic mass is 10.0. The van der Waals surface area contributed by atoms with E-state index >= 15 is 0 Å². The molecule has 1 aliphatic heterocycles. The molecule has 1 unspecified atom stereocenters. The smallest absolute Gasteiger partial charge is 0.264 e. The fourth-order valence-electron chi connectivity index (χ4n) is 3.67. The average molecular weight is 472 g/mol. The fourth-order valence-corrected chi connectivity index (χ4v) is 5.53. The highest BCUT2D eigenvalue weighted by atomic mass is 32.2. The molecule has 168 valence electrons. The molecular formula is C23H25N3O4S2. The van der Waals surface area contributed by atoms with Crippen LogP contribution in [0.25, 0.3) is 10.2 Å². The largest absolute Gasteiger partial charge is 0.298 e. The van der Waals surface area contributed by atoms with Crippen molar-refractivity contribution in [2.45, 2.75) is 43.4 Å². The number of aryl methyl sites for hydroxylation is 1. The fraction of sp³-hybridized carbons (Fsp3) is 0.478. The van der Waals surface area contributed by atoms with Crippen LogP contribution in [0.2, 0.25) is 0 Å². The molecular weight excluding hydrogens is 446 g/mol. The van der Waals surface area contributed by atoms with E-state index in [0.29, 0.717) is 12.3 Å². The molecule has 1 aromatic heterocycles. The molecule has 0 bridgehead atoms. The van der Waals surface area contributed by atoms with Gasteiger partial charge in [-0.1, -0.05) is 11.8 Å². The van der Waals surface area contributed by atoms with Gasteiger partial charge in [0.2, 0.25) is 0 Å². The van der Waals surface area contributed by atoms with Crippen molar-refractivity contribution in [2.75, 3.05) is 19.3 Å². The number of likely N-dealkylation sites (tertiary alicyclic amines) is 1. The second kappa shape index (κ2) is 8.84. The second-order valence-electron chi connectivity index (χ2n) is 8.64. The molecule has 2 N–H and O–H groups in total. The summed E-state index contributed by atoms with van der Waals surface area (Å²) in [6, 6.07) is 6.52. The van der Waals surface area contributed by atoms with Crippen molar-refractivity contribution in [1.29, 1.82) is 0 Å². The van der Waals surface area contributed by atoms with Crippen LogP contribution < -0.4 is 5.48 Å². The normalized spacial score (nSPS) is 18.6. The van der Waals surface area contributed by atoms with E-state index in [1.807, 2.05) is 18.2 Å². The third-order valence-corrected chi connectivity index (χ3v) is 9.27. The van der Waals surface area contributed by atoms with Gasteiger partial charge in [-0.3, -0.25) is 14.9 Å². The van der Waals surface area contributed by atoms with E-state index in [1.54, 1.807) is 0 Å². The molecule has 2 aliphatic rings. The number of carbonyl (C=O) groups is 1. The summed E-state index contributed by atoms with van der Waals surface area (Å²) in [7, 11) is -3.73. The maximum absolute atomic E-state index is 12.1. The topological polar surface area (TPSA) is 99.6 Å². The summed E-state index contributed by atoms with van der Waals surface area (Å²) in [5.41, 5.74) is 3.11. The van der Waals surface area contributed by atoms with Crippen molar-refractivity contribution in [3.63, 3.8) is 0 Å². The molecule has 1 atom stereocenters. The predicted octanol–water partition coefficient (Wildman–Crippen LogP) is 1.99. The lowest BCUT2D eigenvalue weighted by Crippen LogP contribution is -2.49. The van der Waals surface area contributed by atoms with Gasteiger partial charge in [0.05, 0.1) is 15.2 Å². The maximum atomic E-state index is 12.1. The number of amides is 1. The van der Waals surface area contributed by atoms with Gasteiger partial charge in [-0.25, -0.2) is 18.9 Å². The number of fused-ring (bicyclic) bond motifs is 1. The minimum absolute atomic E-state index is 0.0135. The minimum Gasteiger partial charge on any atom is -0.298 e. The van der Waals surface area contributed by atoms with Crippen molar-refractivity contribution in [1.82, 2.24) is 15.4 Å². The van der Waals surface area contributed by atoms with Gasteiger partial charge in [-0.2, -0.15) is 0 Å². The first kappa shape index (κ1) is 22.8. The Balaban J connectivity index is 1.40. The molecule has 0 radical (unpaired) electrons. The van der Waals surface area contributed by atoms with E-state index in [0.717, 1.165) is 46.2 Å². The quantitative estimate of drug-likeness (QED) is 0.380. The number of thiazole rings is 1. The van der Waals surface area contributed by atoms with Crippen LogP contribution in [0.3, 0.4) is 0 Å². The van der Waals surface area contributed by atoms with E-state index in [1.165, 1.54) is 36.6 Å². The zero-order chi connectivity index (χ0) is 22.9. The van der Waals surface area contributed by atoms with Crippen LogP contribution in [-0.2, 0) is 21.1 Å². The van der Waals surface area contributed by atoms with Gasteiger partial charge in [-0.05, 0) is 56.2 Å². The molecule has 7 nitrogen and oxygen atoms in total. The van der Waals surface area contributed by atoms with Crippen LogP contribution in [0.15, 0.2) is 18.2 Å². The number of aromatic nitrogens is 1. The molecule has 2 heterocycles. The molecule has 32 heavy (non-hydrogen) atoms. The number of benzene rings is 1. The second-order valence-corrected chi connectivity index (χ2v) is 12.2. The zero-order valence-electron chi connectivity index (χ0n) is 18.0. The molecule has 4 rings (SSSR count). The van der Waals surface area contributed by atoms with E-state index in [-0.39, 0.29) is 6.42 Å². The number of hydroxylamine groups is 1. The molecule has 9 heteroatoms. The van der Waals surface area contributed by atoms with Crippen LogP contribution in [0.5, 0.6) is 0 Å². The minimum atomic E-state index is -3.73. The van der Waals surface area contributed by atoms with E-state index in [9.17, 15) is 13.2 Å². The first-order valence-corrected chi connectivity index (χ1v) is 13.2. The van der Waals surface area contributed by atoms with Crippen LogP contribution in [-0.4, -0.2) is 59.6 Å². The van der Waals surface area contributed by atoms with Gasteiger partial charge >= 0.3 is 0 Å². The molecule has 0 spiro atoms. The summed E-state index contributed by atoms with van der Waals surface area (Å²) >= 11 is 1.44. The third-order valence-electron chi connectivity index (χ3n) is 6.17. The first-order valence-electron chi connectivity index (χ1n) is 10.5. The van der Waals surface area contributed by atoms with Gasteiger partial charge in [0.15, 0.2) is 9.84 Å². The Morgan fingerprint density at radius 1 is 1.34 bits per heavy atom. The van der Waals surface area contributed by atoms with Crippen molar-refractivity contribution in [3.05, 3.63) is 28.8 Å². The van der Waals surface area contributed by atoms with Gasteiger partial charge in [-0.15, -0.1) is 11.3 Å². The highest BCUT2D eigenvalue weighted by Crippen LogP contribution is 2.32. The number of carbonyl (C=O) groups excluding carboxylic acids is 1. The molecule has 2 aromatic rings. The molecule has 1 aromatic carbocycles. The van der Waals surface area contributed by atoms with Crippen LogP contribution >= 0.6 is 11.3 Å². The number of nitrogens with zero attached hydrogens (tertiary/aromatic N) is 2. The number of nitrogens with one attached hydrogen (secondary N) is 1. The van der Waals surface area contributed by atoms with Gasteiger partial charge < -0.3 is 0 Å². The van der Waals surface area contributed by atoms with E-state index in [2.05, 4.69) is 33.6 Å². The zero-order valence-corrected chi connectivity index (χ0v) is 19.6. The Kier molecular flexibility index (Phi) is 6.28. The third kappa shape index (κ3) is 4.82. The summed E-state index contributed by atoms with van der Waals surface area (Å²) in [6.07, 6.45) is 3.96. The number of sulfone groups is 1. The Bertz CT molecular complexity index is 1270. The molecule has 1 saturated carbocycles. The molecule has 1 amide bonds. The standard InChI is InChI=1S/C23H25N3O4S2/c1-23(22(27)25-28,32(2,29)30)12-11-21-24-19-10-7-16(13-20(19)31-21)5-3-4-6-17-14-26(15-17)18-8-9-18/h7,10,13,17-18,28H,8-9,11-12,14-15H2,1-2H3,(H,25,27). The highest BCUT2D eigenvalue weighted by molar-refractivity contribution is 7.92. The van der Waals surface area contributed by atoms with Crippen molar-refractivity contribution >= 4 is 37.3 Å². The summed E-state index contributed by atoms with van der Waals surface area (Å²) < 4.78 is 23.4. The number of hydrogen-bond donors (Lipinski definition) is 2. The maximum Gasteiger partial charge on any atom is 0.264 e. The Labute approximate surface area is 192 Å². The van der Waals surface area contributed by atoms with Crippen LogP contribution in [0, 0.1) is 29.6 Å². The summed E-state index contributed by atoms with van der Waals surface area (Å²) in [4.78, 5) is 19.0. The number of rotatable bonds is 6. The Morgan fingerprint density at radius 2 is 2.09 bits per heavy atom. The Morgan fingerprint density at radius 3 is 2.75 bits per heavy atom. The monoisotopic (exact) mass is 471 g/mol. The first-order chi connectivity index (χ1) is 15.2. The molecule has 1 saturated heterocycles. The molecule has 1 aliphatic carbocycles. The SMILES string of the molecule is CC(CCc1nc2ccc(C#CC#CC3CN(C4CC4)C3)cc2s1)(C(=O)NO)S(C)(=O)=O. The summed E-state index contributed by atoms with van der Waals surface area (Å²) in [5, 5.41) is 9.66. The lowest BCUT2D eigenvalue weighted by molar-refractivity contribution is -0.131. The van der Waals surface area contributed by atoms with E-state index in [4.69, 9.17) is 5.21 Å². The van der Waals surface area contributed by atoms with Gasteiger partial charge in [0.25, 0.3) is 5.91 Å². The lowest BCUT2D eigenvalue weighted by Gasteiger charge is -2.36. The van der Waals surface area contributed by atoms with Gasteiger partial charge in [0, 0.05) is 43.3 Å². The average Bonchev–Trinajstić information content (AvgIpc) is 3.47. The van der Waals surface area contributed by atoms with Crippen molar-refractivity contribution in [3.8, 4) is 23.7 Å². The molecule has 2 fully saturated rings. The summed E-state index contributed by atoms with van der Waals surface area (Å²) in [6.45, 7) is 3.43. The summed E-state index contributed by atoms with van der Waals surface area (Å²) in [5.74, 6) is 11.7. The van der Waals surface area contributed by atoms with Crippen molar-refractivity contribution < 1.29 is 18.4 Å². The van der Waals surface area contributed by atoms with Crippen LogP contribution in [0.4, 0.5) is 0 Å². The van der Waals surface area contributed by atoms with Crippen LogP contribution in [0.1, 0.15) is 36.8 Å². The van der Waals surface area contributed by atoms with E-state index < -0.39 is 20.5 Å². The van der Waals surface area contributed by atoms with Gasteiger partial charge in [0.1, 0.15) is 4.75 Å².